The summed E-state index contributed by atoms with van der Waals surface area (Å²) < 4.78 is 18.5. The van der Waals surface area contributed by atoms with Gasteiger partial charge in [0, 0.05) is 18.0 Å². The number of carbonyl (C=O) groups is 1. The largest absolute Gasteiger partial charge is 0.494 e. The summed E-state index contributed by atoms with van der Waals surface area (Å²) in [4.78, 5) is 15.6. The van der Waals surface area contributed by atoms with Crippen LogP contribution in [0.4, 0.5) is 4.39 Å². The van der Waals surface area contributed by atoms with Crippen molar-refractivity contribution in [3.63, 3.8) is 0 Å². The zero-order valence-electron chi connectivity index (χ0n) is 13.7. The molecule has 0 atom stereocenters. The van der Waals surface area contributed by atoms with Gasteiger partial charge < -0.3 is 9.53 Å². The van der Waals surface area contributed by atoms with Gasteiger partial charge in [-0.3, -0.25) is 4.98 Å². The molecule has 0 radical (unpaired) electrons. The molecule has 0 aliphatic heterocycles. The maximum absolute atomic E-state index is 13.0. The molecule has 122 valence electrons. The Morgan fingerprint density at radius 2 is 1.92 bits per heavy atom. The lowest BCUT2D eigenvalue weighted by Gasteiger charge is -2.13. The quantitative estimate of drug-likeness (QED) is 0.666. The standard InChI is InChI=1S/C20H18FNO2/c1-13-9-16(7-8-23)18-11-15(12-22-19(18)20(13)24-2)10-14-3-5-17(21)6-4-14/h3-6,8-9,11-12H,7,10H2,1-2H3. The predicted molar refractivity (Wildman–Crippen MR) is 92.0 cm³/mol. The Morgan fingerprint density at radius 3 is 2.58 bits per heavy atom. The fraction of sp³-hybridized carbons (Fsp3) is 0.200. The van der Waals surface area contributed by atoms with Crippen molar-refractivity contribution in [1.29, 1.82) is 0 Å². The second kappa shape index (κ2) is 6.79. The number of hydrogen-bond acceptors (Lipinski definition) is 3. The molecular weight excluding hydrogens is 305 g/mol. The molecule has 0 unspecified atom stereocenters. The fourth-order valence-corrected chi connectivity index (χ4v) is 2.98. The highest BCUT2D eigenvalue weighted by atomic mass is 19.1. The molecular formula is C20H18FNO2. The SMILES string of the molecule is COc1c(C)cc(CC=O)c2cc(Cc3ccc(F)cc3)cnc12. The van der Waals surface area contributed by atoms with Gasteiger partial charge in [-0.2, -0.15) is 0 Å². The van der Waals surface area contributed by atoms with Crippen molar-refractivity contribution in [2.45, 2.75) is 19.8 Å². The number of hydrogen-bond donors (Lipinski definition) is 0. The zero-order chi connectivity index (χ0) is 17.1. The van der Waals surface area contributed by atoms with Crippen LogP contribution in [0.25, 0.3) is 10.9 Å². The molecule has 0 saturated heterocycles. The Balaban J connectivity index is 2.08. The third kappa shape index (κ3) is 3.13. The van der Waals surface area contributed by atoms with Crippen LogP contribution in [0, 0.1) is 12.7 Å². The second-order valence-corrected chi connectivity index (χ2v) is 5.80. The van der Waals surface area contributed by atoms with E-state index in [-0.39, 0.29) is 5.82 Å². The third-order valence-electron chi connectivity index (χ3n) is 4.08. The van der Waals surface area contributed by atoms with Crippen LogP contribution in [0.2, 0.25) is 0 Å². The summed E-state index contributed by atoms with van der Waals surface area (Å²) in [5, 5.41) is 0.921. The highest BCUT2D eigenvalue weighted by Crippen LogP contribution is 2.31. The van der Waals surface area contributed by atoms with E-state index in [1.54, 1.807) is 25.4 Å². The first-order valence-corrected chi connectivity index (χ1v) is 7.75. The molecule has 0 aliphatic carbocycles. The number of aldehydes is 1. The first-order valence-electron chi connectivity index (χ1n) is 7.75. The molecule has 0 fully saturated rings. The predicted octanol–water partition coefficient (Wildman–Crippen LogP) is 4.02. The van der Waals surface area contributed by atoms with Crippen molar-refractivity contribution >= 4 is 17.2 Å². The van der Waals surface area contributed by atoms with Crippen molar-refractivity contribution in [3.8, 4) is 5.75 Å². The maximum atomic E-state index is 13.0. The van der Waals surface area contributed by atoms with Crippen molar-refractivity contribution in [2.24, 2.45) is 0 Å². The van der Waals surface area contributed by atoms with Gasteiger partial charge in [0.25, 0.3) is 0 Å². The van der Waals surface area contributed by atoms with Gasteiger partial charge in [-0.25, -0.2) is 4.39 Å². The lowest BCUT2D eigenvalue weighted by atomic mass is 9.98. The number of rotatable bonds is 5. The van der Waals surface area contributed by atoms with Crippen molar-refractivity contribution < 1.29 is 13.9 Å². The average Bonchev–Trinajstić information content (AvgIpc) is 2.58. The van der Waals surface area contributed by atoms with Crippen molar-refractivity contribution in [1.82, 2.24) is 4.98 Å². The monoisotopic (exact) mass is 323 g/mol. The lowest BCUT2D eigenvalue weighted by Crippen LogP contribution is -1.98. The smallest absolute Gasteiger partial charge is 0.147 e. The lowest BCUT2D eigenvalue weighted by molar-refractivity contribution is -0.107. The molecule has 24 heavy (non-hydrogen) atoms. The molecule has 0 bridgehead atoms. The van der Waals surface area contributed by atoms with Crippen LogP contribution < -0.4 is 4.74 Å². The average molecular weight is 323 g/mol. The number of fused-ring (bicyclic) bond motifs is 1. The molecule has 1 heterocycles. The van der Waals surface area contributed by atoms with Crippen LogP contribution in [0.3, 0.4) is 0 Å². The summed E-state index contributed by atoms with van der Waals surface area (Å²) in [6.45, 7) is 1.95. The Hall–Kier alpha value is -2.75. The molecule has 0 saturated carbocycles. The van der Waals surface area contributed by atoms with Gasteiger partial charge in [0.05, 0.1) is 7.11 Å². The first kappa shape index (κ1) is 16.1. The number of benzene rings is 2. The van der Waals surface area contributed by atoms with Gasteiger partial charge in [-0.15, -0.1) is 0 Å². The van der Waals surface area contributed by atoms with E-state index in [0.717, 1.165) is 45.2 Å². The van der Waals surface area contributed by atoms with Gasteiger partial charge in [-0.05, 0) is 53.8 Å². The molecule has 3 nitrogen and oxygen atoms in total. The molecule has 0 amide bonds. The Bertz CT molecular complexity index is 888. The van der Waals surface area contributed by atoms with Crippen LogP contribution in [0.1, 0.15) is 22.3 Å². The fourth-order valence-electron chi connectivity index (χ4n) is 2.98. The highest BCUT2D eigenvalue weighted by Gasteiger charge is 2.12. The van der Waals surface area contributed by atoms with E-state index in [1.165, 1.54) is 12.1 Å². The molecule has 1 aromatic heterocycles. The van der Waals surface area contributed by atoms with Gasteiger partial charge in [0.1, 0.15) is 23.4 Å². The van der Waals surface area contributed by atoms with Crippen molar-refractivity contribution in [3.05, 3.63) is 70.7 Å². The van der Waals surface area contributed by atoms with Crippen LogP contribution >= 0.6 is 0 Å². The molecule has 0 spiro atoms. The summed E-state index contributed by atoms with van der Waals surface area (Å²) in [7, 11) is 1.62. The number of pyridine rings is 1. The van der Waals surface area contributed by atoms with Gasteiger partial charge in [-0.1, -0.05) is 18.2 Å². The summed E-state index contributed by atoms with van der Waals surface area (Å²) in [6.07, 6.45) is 3.69. The molecule has 2 aromatic carbocycles. The van der Waals surface area contributed by atoms with Gasteiger partial charge >= 0.3 is 0 Å². The number of carbonyl (C=O) groups excluding carboxylic acids is 1. The first-order chi connectivity index (χ1) is 11.6. The van der Waals surface area contributed by atoms with E-state index in [1.807, 2.05) is 19.1 Å². The highest BCUT2D eigenvalue weighted by molar-refractivity contribution is 5.90. The van der Waals surface area contributed by atoms with Crippen LogP contribution in [-0.2, 0) is 17.6 Å². The number of nitrogens with zero attached hydrogens (tertiary/aromatic N) is 1. The van der Waals surface area contributed by atoms with E-state index in [0.29, 0.717) is 12.8 Å². The molecule has 0 N–H and O–H groups in total. The number of methoxy groups -OCH3 is 1. The normalized spacial score (nSPS) is 10.8. The van der Waals surface area contributed by atoms with Gasteiger partial charge in [0.15, 0.2) is 0 Å². The third-order valence-corrected chi connectivity index (χ3v) is 4.08. The van der Waals surface area contributed by atoms with Crippen LogP contribution in [0.5, 0.6) is 5.75 Å². The Morgan fingerprint density at radius 1 is 1.17 bits per heavy atom. The summed E-state index contributed by atoms with van der Waals surface area (Å²) in [5.41, 5.74) is 4.67. The molecule has 4 heteroatoms. The zero-order valence-corrected chi connectivity index (χ0v) is 13.7. The molecule has 3 aromatic rings. The minimum Gasteiger partial charge on any atom is -0.494 e. The van der Waals surface area contributed by atoms with E-state index >= 15 is 0 Å². The van der Waals surface area contributed by atoms with Crippen molar-refractivity contribution in [2.75, 3.05) is 7.11 Å². The number of aromatic nitrogens is 1. The summed E-state index contributed by atoms with van der Waals surface area (Å²) in [5.74, 6) is 0.483. The number of ether oxygens (including phenoxy) is 1. The Kier molecular flexibility index (Phi) is 4.56. The van der Waals surface area contributed by atoms with E-state index < -0.39 is 0 Å². The summed E-state index contributed by atoms with van der Waals surface area (Å²) in [6, 6.07) is 10.4. The van der Waals surface area contributed by atoms with Gasteiger partial charge in [0.2, 0.25) is 0 Å². The number of aryl methyl sites for hydroxylation is 1. The minimum absolute atomic E-state index is 0.246. The second-order valence-electron chi connectivity index (χ2n) is 5.80. The summed E-state index contributed by atoms with van der Waals surface area (Å²) >= 11 is 0. The topological polar surface area (TPSA) is 39.2 Å². The molecule has 0 aliphatic rings. The van der Waals surface area contributed by atoms with Crippen LogP contribution in [0.15, 0.2) is 42.6 Å². The van der Waals surface area contributed by atoms with Crippen LogP contribution in [-0.4, -0.2) is 18.4 Å². The minimum atomic E-state index is -0.246. The maximum Gasteiger partial charge on any atom is 0.147 e. The van der Waals surface area contributed by atoms with E-state index in [4.69, 9.17) is 4.74 Å². The molecule has 3 rings (SSSR count). The number of halogens is 1. The van der Waals surface area contributed by atoms with E-state index in [2.05, 4.69) is 4.98 Å². The Labute approximate surface area is 140 Å². The van der Waals surface area contributed by atoms with E-state index in [9.17, 15) is 9.18 Å².